The van der Waals surface area contributed by atoms with Crippen LogP contribution in [-0.2, 0) is 4.79 Å². The highest BCUT2D eigenvalue weighted by Gasteiger charge is 2.24. The first kappa shape index (κ1) is 10.9. The standard InChI is InChI=1S/C9H18N2OS/c1-8-6-10(2)4-5-11(8)9(12)7-13-3/h8H,4-7H2,1-3H3/t8-/m1/s1. The van der Waals surface area contributed by atoms with E-state index in [9.17, 15) is 4.79 Å². The number of carbonyl (C=O) groups excluding carboxylic acids is 1. The molecule has 0 aliphatic carbocycles. The van der Waals surface area contributed by atoms with E-state index in [1.165, 1.54) is 0 Å². The first-order valence-corrected chi connectivity index (χ1v) is 6.01. The van der Waals surface area contributed by atoms with Gasteiger partial charge in [-0.25, -0.2) is 0 Å². The predicted molar refractivity (Wildman–Crippen MR) is 57.1 cm³/mol. The van der Waals surface area contributed by atoms with E-state index in [1.807, 2.05) is 11.2 Å². The lowest BCUT2D eigenvalue weighted by Gasteiger charge is -2.38. The average molecular weight is 202 g/mol. The molecule has 0 aromatic carbocycles. The number of piperazine rings is 1. The molecule has 1 aliphatic rings. The largest absolute Gasteiger partial charge is 0.337 e. The summed E-state index contributed by atoms with van der Waals surface area (Å²) in [6, 6.07) is 0.374. The lowest BCUT2D eigenvalue weighted by Crippen LogP contribution is -2.53. The number of thioether (sulfide) groups is 1. The molecule has 1 rings (SSSR count). The normalized spacial score (nSPS) is 24.8. The van der Waals surface area contributed by atoms with Crippen molar-refractivity contribution >= 4 is 17.7 Å². The van der Waals surface area contributed by atoms with Crippen LogP contribution in [0, 0.1) is 0 Å². The van der Waals surface area contributed by atoms with E-state index in [0.29, 0.717) is 11.8 Å². The molecule has 0 N–H and O–H groups in total. The summed E-state index contributed by atoms with van der Waals surface area (Å²) in [6.07, 6.45) is 1.97. The van der Waals surface area contributed by atoms with Gasteiger partial charge in [0.05, 0.1) is 5.75 Å². The third-order valence-corrected chi connectivity index (χ3v) is 2.95. The summed E-state index contributed by atoms with van der Waals surface area (Å²) in [4.78, 5) is 15.9. The van der Waals surface area contributed by atoms with E-state index in [4.69, 9.17) is 0 Å². The minimum atomic E-state index is 0.285. The number of hydrogen-bond acceptors (Lipinski definition) is 3. The Morgan fingerprint density at radius 1 is 1.54 bits per heavy atom. The summed E-state index contributed by atoms with van der Waals surface area (Å²) < 4.78 is 0. The van der Waals surface area contributed by atoms with Crippen molar-refractivity contribution in [2.75, 3.05) is 38.7 Å². The predicted octanol–water partition coefficient (Wildman–Crippen LogP) is 0.512. The van der Waals surface area contributed by atoms with E-state index in [-0.39, 0.29) is 5.91 Å². The van der Waals surface area contributed by atoms with Crippen molar-refractivity contribution in [2.24, 2.45) is 0 Å². The van der Waals surface area contributed by atoms with Crippen LogP contribution in [0.15, 0.2) is 0 Å². The average Bonchev–Trinajstić information content (AvgIpc) is 2.04. The Kier molecular flexibility index (Phi) is 4.06. The smallest absolute Gasteiger partial charge is 0.232 e. The molecule has 0 aromatic rings. The van der Waals surface area contributed by atoms with Crippen LogP contribution in [0.5, 0.6) is 0 Å². The maximum Gasteiger partial charge on any atom is 0.232 e. The van der Waals surface area contributed by atoms with Crippen LogP contribution in [0.2, 0.25) is 0 Å². The number of hydrogen-bond donors (Lipinski definition) is 0. The van der Waals surface area contributed by atoms with E-state index in [0.717, 1.165) is 19.6 Å². The second-order valence-electron chi connectivity index (χ2n) is 3.63. The van der Waals surface area contributed by atoms with Crippen LogP contribution in [-0.4, -0.2) is 60.4 Å². The van der Waals surface area contributed by atoms with Gasteiger partial charge in [0, 0.05) is 25.7 Å². The first-order chi connectivity index (χ1) is 6.15. The number of rotatable bonds is 2. The van der Waals surface area contributed by atoms with Crippen LogP contribution < -0.4 is 0 Å². The Bertz CT molecular complexity index is 186. The van der Waals surface area contributed by atoms with Gasteiger partial charge in [0.15, 0.2) is 0 Å². The molecule has 0 radical (unpaired) electrons. The minimum absolute atomic E-state index is 0.285. The highest BCUT2D eigenvalue weighted by Crippen LogP contribution is 2.09. The SMILES string of the molecule is CSCC(=O)N1CCN(C)C[C@H]1C. The Morgan fingerprint density at radius 2 is 2.23 bits per heavy atom. The molecule has 1 heterocycles. The number of nitrogens with zero attached hydrogens (tertiary/aromatic N) is 2. The second-order valence-corrected chi connectivity index (χ2v) is 4.50. The van der Waals surface area contributed by atoms with Gasteiger partial charge >= 0.3 is 0 Å². The first-order valence-electron chi connectivity index (χ1n) is 4.62. The number of carbonyl (C=O) groups is 1. The molecule has 1 aliphatic heterocycles. The summed E-state index contributed by atoms with van der Waals surface area (Å²) in [5.74, 6) is 0.904. The Morgan fingerprint density at radius 3 is 2.77 bits per heavy atom. The van der Waals surface area contributed by atoms with Gasteiger partial charge in [-0.05, 0) is 20.2 Å². The maximum absolute atomic E-state index is 11.6. The molecule has 0 saturated carbocycles. The molecule has 76 valence electrons. The van der Waals surface area contributed by atoms with Gasteiger partial charge < -0.3 is 9.80 Å². The Labute approximate surface area is 84.5 Å². The molecular formula is C9H18N2OS. The molecule has 3 nitrogen and oxygen atoms in total. The quantitative estimate of drug-likeness (QED) is 0.652. The van der Waals surface area contributed by atoms with Crippen LogP contribution in [0.25, 0.3) is 0 Å². The van der Waals surface area contributed by atoms with Crippen molar-refractivity contribution in [3.63, 3.8) is 0 Å². The summed E-state index contributed by atoms with van der Waals surface area (Å²) in [7, 11) is 2.10. The van der Waals surface area contributed by atoms with Crippen LogP contribution in [0.3, 0.4) is 0 Å². The highest BCUT2D eigenvalue weighted by molar-refractivity contribution is 7.99. The fraction of sp³-hybridized carbons (Fsp3) is 0.889. The summed E-state index contributed by atoms with van der Waals surface area (Å²) in [5, 5.41) is 0. The molecule has 13 heavy (non-hydrogen) atoms. The summed E-state index contributed by atoms with van der Waals surface area (Å²) >= 11 is 1.60. The van der Waals surface area contributed by atoms with Crippen molar-refractivity contribution < 1.29 is 4.79 Å². The fourth-order valence-corrected chi connectivity index (χ4v) is 2.13. The van der Waals surface area contributed by atoms with Gasteiger partial charge in [-0.2, -0.15) is 11.8 Å². The van der Waals surface area contributed by atoms with Crippen molar-refractivity contribution in [3.05, 3.63) is 0 Å². The lowest BCUT2D eigenvalue weighted by molar-refractivity contribution is -0.132. The van der Waals surface area contributed by atoms with Crippen LogP contribution >= 0.6 is 11.8 Å². The van der Waals surface area contributed by atoms with Gasteiger partial charge in [-0.3, -0.25) is 4.79 Å². The van der Waals surface area contributed by atoms with Gasteiger partial charge in [-0.15, -0.1) is 0 Å². The van der Waals surface area contributed by atoms with E-state index < -0.39 is 0 Å². The van der Waals surface area contributed by atoms with Gasteiger partial charge in [0.2, 0.25) is 5.91 Å². The van der Waals surface area contributed by atoms with E-state index >= 15 is 0 Å². The van der Waals surface area contributed by atoms with Crippen molar-refractivity contribution in [2.45, 2.75) is 13.0 Å². The monoisotopic (exact) mass is 202 g/mol. The van der Waals surface area contributed by atoms with E-state index in [1.54, 1.807) is 11.8 Å². The minimum Gasteiger partial charge on any atom is -0.337 e. The van der Waals surface area contributed by atoms with Crippen LogP contribution in [0.4, 0.5) is 0 Å². The third-order valence-electron chi connectivity index (χ3n) is 2.42. The molecule has 0 bridgehead atoms. The Balaban J connectivity index is 2.45. The Hall–Kier alpha value is -0.220. The van der Waals surface area contributed by atoms with Crippen LogP contribution in [0.1, 0.15) is 6.92 Å². The zero-order valence-electron chi connectivity index (χ0n) is 8.62. The molecule has 1 saturated heterocycles. The zero-order chi connectivity index (χ0) is 9.84. The fourth-order valence-electron chi connectivity index (χ4n) is 1.72. The summed E-state index contributed by atoms with van der Waals surface area (Å²) in [6.45, 7) is 5.01. The molecule has 0 aromatic heterocycles. The van der Waals surface area contributed by atoms with E-state index in [2.05, 4.69) is 18.9 Å². The molecule has 4 heteroatoms. The highest BCUT2D eigenvalue weighted by atomic mass is 32.2. The van der Waals surface area contributed by atoms with Crippen molar-refractivity contribution in [1.82, 2.24) is 9.80 Å². The molecule has 1 fully saturated rings. The third kappa shape index (κ3) is 2.88. The molecule has 1 atom stereocenters. The van der Waals surface area contributed by atoms with Crippen molar-refractivity contribution in [3.8, 4) is 0 Å². The maximum atomic E-state index is 11.6. The second kappa shape index (κ2) is 4.86. The molecule has 0 spiro atoms. The molecule has 0 unspecified atom stereocenters. The van der Waals surface area contributed by atoms with Gasteiger partial charge in [-0.1, -0.05) is 0 Å². The summed E-state index contributed by atoms with van der Waals surface area (Å²) in [5.41, 5.74) is 0. The lowest BCUT2D eigenvalue weighted by atomic mass is 10.2. The number of amides is 1. The van der Waals surface area contributed by atoms with Gasteiger partial charge in [0.1, 0.15) is 0 Å². The zero-order valence-corrected chi connectivity index (χ0v) is 9.43. The number of likely N-dealkylation sites (N-methyl/N-ethyl adjacent to an activating group) is 1. The van der Waals surface area contributed by atoms with Crippen molar-refractivity contribution in [1.29, 1.82) is 0 Å². The topological polar surface area (TPSA) is 23.6 Å². The van der Waals surface area contributed by atoms with Gasteiger partial charge in [0.25, 0.3) is 0 Å². The molecule has 1 amide bonds. The molecular weight excluding hydrogens is 184 g/mol.